The standard InChI is InChI=1S/C18H20N4O6S2/c1-5-27-16(23)14-11(3)20(4)18(29-14)21(19-15(30-18)17(24)28-6-2)12-7-9-13(10-8-12)22(25)26/h7-10H,5-6H2,1-4H3. The first kappa shape index (κ1) is 22.0. The van der Waals surface area contributed by atoms with Gasteiger partial charge in [-0.1, -0.05) is 11.8 Å². The third-order valence-electron chi connectivity index (χ3n) is 4.39. The van der Waals surface area contributed by atoms with Crippen LogP contribution in [0.4, 0.5) is 11.4 Å². The third-order valence-corrected chi connectivity index (χ3v) is 7.43. The Morgan fingerprint density at radius 3 is 2.30 bits per heavy atom. The fraction of sp³-hybridized carbons (Fsp3) is 0.389. The smallest absolute Gasteiger partial charge is 0.365 e. The van der Waals surface area contributed by atoms with Crippen molar-refractivity contribution in [3.63, 3.8) is 0 Å². The Morgan fingerprint density at radius 1 is 1.13 bits per heavy atom. The van der Waals surface area contributed by atoms with Gasteiger partial charge in [0.2, 0.25) is 9.37 Å². The van der Waals surface area contributed by atoms with Gasteiger partial charge < -0.3 is 14.4 Å². The number of hydrogen-bond acceptors (Lipinski definition) is 11. The highest BCUT2D eigenvalue weighted by atomic mass is 32.2. The van der Waals surface area contributed by atoms with Crippen molar-refractivity contribution in [2.24, 2.45) is 5.10 Å². The monoisotopic (exact) mass is 452 g/mol. The van der Waals surface area contributed by atoms with Gasteiger partial charge in [0, 0.05) is 24.9 Å². The molecule has 0 fully saturated rings. The molecule has 30 heavy (non-hydrogen) atoms. The molecule has 1 spiro atoms. The number of allylic oxidation sites excluding steroid dienone is 1. The van der Waals surface area contributed by atoms with Gasteiger partial charge in [0.25, 0.3) is 5.69 Å². The van der Waals surface area contributed by atoms with Crippen molar-refractivity contribution in [2.45, 2.75) is 25.1 Å². The zero-order valence-electron chi connectivity index (χ0n) is 16.8. The topological polar surface area (TPSA) is 115 Å². The highest BCUT2D eigenvalue weighted by Gasteiger charge is 2.56. The first-order valence-electron chi connectivity index (χ1n) is 9.05. The minimum absolute atomic E-state index is 0.0665. The van der Waals surface area contributed by atoms with Crippen molar-refractivity contribution in [2.75, 3.05) is 25.3 Å². The summed E-state index contributed by atoms with van der Waals surface area (Å²) in [6.45, 7) is 5.63. The van der Waals surface area contributed by atoms with Crippen molar-refractivity contribution in [3.05, 3.63) is 45.0 Å². The number of ether oxygens (including phenoxy) is 2. The molecule has 0 saturated heterocycles. The van der Waals surface area contributed by atoms with Crippen molar-refractivity contribution < 1.29 is 24.0 Å². The summed E-state index contributed by atoms with van der Waals surface area (Å²) in [6.07, 6.45) is 0. The molecule has 160 valence electrons. The van der Waals surface area contributed by atoms with E-state index < -0.39 is 21.2 Å². The number of nitrogens with zero attached hydrogens (tertiary/aromatic N) is 4. The Hall–Kier alpha value is -2.73. The summed E-state index contributed by atoms with van der Waals surface area (Å²) in [6, 6.07) is 5.81. The second-order valence-electron chi connectivity index (χ2n) is 6.16. The van der Waals surface area contributed by atoms with E-state index in [2.05, 4.69) is 5.10 Å². The molecule has 0 aromatic heterocycles. The maximum atomic E-state index is 12.5. The van der Waals surface area contributed by atoms with Crippen LogP contribution in [-0.2, 0) is 19.1 Å². The van der Waals surface area contributed by atoms with E-state index in [1.54, 1.807) is 45.0 Å². The molecule has 12 heteroatoms. The molecule has 1 aromatic rings. The van der Waals surface area contributed by atoms with Gasteiger partial charge in [-0.05, 0) is 44.7 Å². The predicted molar refractivity (Wildman–Crippen MR) is 115 cm³/mol. The van der Waals surface area contributed by atoms with E-state index >= 15 is 0 Å². The number of hydrazone groups is 1. The van der Waals surface area contributed by atoms with Crippen LogP contribution in [-0.4, -0.2) is 51.4 Å². The normalized spacial score (nSPS) is 20.6. The average Bonchev–Trinajstić information content (AvgIpc) is 3.23. The SMILES string of the molecule is CCOC(=O)C1=NN(c2ccc([N+](=O)[O-])cc2)C2(S1)SC(C(=O)OCC)=C(C)N2C. The lowest BCUT2D eigenvalue weighted by Gasteiger charge is -2.39. The van der Waals surface area contributed by atoms with Gasteiger partial charge in [-0.15, -0.1) is 0 Å². The lowest BCUT2D eigenvalue weighted by molar-refractivity contribution is -0.384. The lowest BCUT2D eigenvalue weighted by atomic mass is 10.3. The summed E-state index contributed by atoms with van der Waals surface area (Å²) < 4.78 is 9.24. The maximum absolute atomic E-state index is 12.5. The van der Waals surface area contributed by atoms with Crippen LogP contribution >= 0.6 is 23.5 Å². The number of anilines is 1. The molecular formula is C18H20N4O6S2. The van der Waals surface area contributed by atoms with E-state index in [0.717, 1.165) is 11.8 Å². The molecule has 1 atom stereocenters. The van der Waals surface area contributed by atoms with Gasteiger partial charge in [0.1, 0.15) is 4.91 Å². The van der Waals surface area contributed by atoms with Crippen LogP contribution < -0.4 is 5.01 Å². The van der Waals surface area contributed by atoms with Gasteiger partial charge in [0.05, 0.1) is 23.8 Å². The van der Waals surface area contributed by atoms with Crippen LogP contribution in [0.3, 0.4) is 0 Å². The number of esters is 2. The first-order chi connectivity index (χ1) is 14.2. The van der Waals surface area contributed by atoms with E-state index in [0.29, 0.717) is 16.3 Å². The first-order valence-corrected chi connectivity index (χ1v) is 10.7. The minimum Gasteiger partial charge on any atom is -0.462 e. The van der Waals surface area contributed by atoms with Crippen molar-refractivity contribution >= 4 is 51.9 Å². The number of thioether (sulfide) groups is 2. The van der Waals surface area contributed by atoms with E-state index in [4.69, 9.17) is 9.47 Å². The van der Waals surface area contributed by atoms with E-state index in [-0.39, 0.29) is 23.9 Å². The molecule has 0 N–H and O–H groups in total. The van der Waals surface area contributed by atoms with Crippen LogP contribution in [0, 0.1) is 10.1 Å². The summed E-state index contributed by atoms with van der Waals surface area (Å²) in [5.41, 5.74) is 1.12. The molecule has 0 saturated carbocycles. The van der Waals surface area contributed by atoms with Gasteiger partial charge in [-0.25, -0.2) is 14.6 Å². The van der Waals surface area contributed by atoms with Crippen molar-refractivity contribution in [1.29, 1.82) is 0 Å². The molecule has 10 nitrogen and oxygen atoms in total. The number of benzene rings is 1. The molecule has 1 unspecified atom stereocenters. The summed E-state index contributed by atoms with van der Waals surface area (Å²) >= 11 is 2.34. The highest BCUT2D eigenvalue weighted by Crippen LogP contribution is 2.58. The molecule has 0 amide bonds. The van der Waals surface area contributed by atoms with Crippen molar-refractivity contribution in [3.8, 4) is 0 Å². The highest BCUT2D eigenvalue weighted by molar-refractivity contribution is 8.28. The van der Waals surface area contributed by atoms with E-state index in [1.807, 2.05) is 4.90 Å². The maximum Gasteiger partial charge on any atom is 0.365 e. The lowest BCUT2D eigenvalue weighted by Crippen LogP contribution is -2.47. The molecule has 2 aliphatic heterocycles. The second kappa shape index (κ2) is 8.56. The van der Waals surface area contributed by atoms with Gasteiger partial charge >= 0.3 is 11.9 Å². The third kappa shape index (κ3) is 3.72. The van der Waals surface area contributed by atoms with Crippen molar-refractivity contribution in [1.82, 2.24) is 4.90 Å². The van der Waals surface area contributed by atoms with Gasteiger partial charge in [-0.2, -0.15) is 5.10 Å². The summed E-state index contributed by atoms with van der Waals surface area (Å²) in [5, 5.41) is 17.1. The van der Waals surface area contributed by atoms with Crippen LogP contribution in [0.2, 0.25) is 0 Å². The number of nitro benzene ring substituents is 1. The number of hydrogen-bond donors (Lipinski definition) is 0. The fourth-order valence-electron chi connectivity index (χ4n) is 2.86. The Labute approximate surface area is 181 Å². The Morgan fingerprint density at radius 2 is 1.73 bits per heavy atom. The number of nitro groups is 1. The molecule has 2 heterocycles. The molecule has 1 aromatic carbocycles. The van der Waals surface area contributed by atoms with E-state index in [1.165, 1.54) is 23.9 Å². The van der Waals surface area contributed by atoms with Crippen LogP contribution in [0.25, 0.3) is 0 Å². The second-order valence-corrected chi connectivity index (χ2v) is 8.76. The summed E-state index contributed by atoms with van der Waals surface area (Å²) in [5.74, 6) is -1.04. The molecular weight excluding hydrogens is 432 g/mol. The molecule has 2 aliphatic rings. The van der Waals surface area contributed by atoms with Gasteiger partial charge in [-0.3, -0.25) is 10.1 Å². The van der Waals surface area contributed by atoms with Crippen LogP contribution in [0.5, 0.6) is 0 Å². The summed E-state index contributed by atoms with van der Waals surface area (Å²) in [4.78, 5) is 37.6. The number of carbonyl (C=O) groups is 2. The molecule has 0 bridgehead atoms. The quantitative estimate of drug-likeness (QED) is 0.362. The number of non-ortho nitro benzene ring substituents is 1. The Balaban J connectivity index is 2.03. The number of carbonyl (C=O) groups excluding carboxylic acids is 2. The minimum atomic E-state index is -1.02. The zero-order chi connectivity index (χ0) is 22.1. The number of rotatable bonds is 6. The Kier molecular flexibility index (Phi) is 6.27. The average molecular weight is 453 g/mol. The molecule has 0 radical (unpaired) electrons. The van der Waals surface area contributed by atoms with Crippen LogP contribution in [0.15, 0.2) is 40.0 Å². The predicted octanol–water partition coefficient (Wildman–Crippen LogP) is 3.11. The fourth-order valence-corrected chi connectivity index (χ4v) is 5.73. The molecule has 0 aliphatic carbocycles. The zero-order valence-corrected chi connectivity index (χ0v) is 18.4. The molecule has 3 rings (SSSR count). The summed E-state index contributed by atoms with van der Waals surface area (Å²) in [7, 11) is 1.78. The van der Waals surface area contributed by atoms with Crippen LogP contribution in [0.1, 0.15) is 20.8 Å². The van der Waals surface area contributed by atoms with E-state index in [9.17, 15) is 19.7 Å². The largest absolute Gasteiger partial charge is 0.462 e. The van der Waals surface area contributed by atoms with Gasteiger partial charge in [0.15, 0.2) is 0 Å². The Bertz CT molecular complexity index is 948.